The first-order valence-electron chi connectivity index (χ1n) is 6.27. The van der Waals surface area contributed by atoms with Gasteiger partial charge in [0.15, 0.2) is 0 Å². The third-order valence-corrected chi connectivity index (χ3v) is 3.47. The number of likely N-dealkylation sites (tertiary alicyclic amines) is 1. The van der Waals surface area contributed by atoms with E-state index in [4.69, 9.17) is 0 Å². The Kier molecular flexibility index (Phi) is 5.06. The maximum atomic E-state index is 11.9. The van der Waals surface area contributed by atoms with Crippen LogP contribution in [0.3, 0.4) is 0 Å². The van der Waals surface area contributed by atoms with Crippen LogP contribution in [0.1, 0.15) is 20.3 Å². The molecule has 1 saturated heterocycles. The van der Waals surface area contributed by atoms with Crippen molar-refractivity contribution in [1.82, 2.24) is 14.7 Å². The summed E-state index contributed by atoms with van der Waals surface area (Å²) < 4.78 is 0. The van der Waals surface area contributed by atoms with Gasteiger partial charge >= 0.3 is 6.03 Å². The minimum absolute atomic E-state index is 0.184. The first kappa shape index (κ1) is 13.3. The molecular weight excluding hydrogens is 202 g/mol. The SMILES string of the molecule is CCN(C)CC1CCN(C(=O)N(C)CC)C1. The second-order valence-corrected chi connectivity index (χ2v) is 4.75. The normalized spacial score (nSPS) is 20.6. The molecule has 94 valence electrons. The molecule has 0 spiro atoms. The summed E-state index contributed by atoms with van der Waals surface area (Å²) in [6.45, 7) is 9.00. The average molecular weight is 227 g/mol. The molecule has 1 atom stereocenters. The molecule has 0 N–H and O–H groups in total. The molecule has 1 fully saturated rings. The fourth-order valence-corrected chi connectivity index (χ4v) is 2.10. The zero-order chi connectivity index (χ0) is 12.1. The van der Waals surface area contributed by atoms with Crippen molar-refractivity contribution in [2.24, 2.45) is 5.92 Å². The number of carbonyl (C=O) groups excluding carboxylic acids is 1. The Morgan fingerprint density at radius 2 is 2.00 bits per heavy atom. The summed E-state index contributed by atoms with van der Waals surface area (Å²) in [5.74, 6) is 0.652. The van der Waals surface area contributed by atoms with E-state index >= 15 is 0 Å². The van der Waals surface area contributed by atoms with E-state index in [0.717, 1.165) is 39.1 Å². The number of rotatable bonds is 4. The Hall–Kier alpha value is -0.770. The molecule has 1 aliphatic rings. The molecule has 16 heavy (non-hydrogen) atoms. The lowest BCUT2D eigenvalue weighted by Gasteiger charge is -2.24. The molecule has 4 nitrogen and oxygen atoms in total. The Labute approximate surface area is 99.2 Å². The van der Waals surface area contributed by atoms with Gasteiger partial charge in [-0.3, -0.25) is 0 Å². The molecule has 1 unspecified atom stereocenters. The van der Waals surface area contributed by atoms with Crippen molar-refractivity contribution >= 4 is 6.03 Å². The Morgan fingerprint density at radius 3 is 2.56 bits per heavy atom. The second kappa shape index (κ2) is 6.09. The highest BCUT2D eigenvalue weighted by molar-refractivity contribution is 5.74. The van der Waals surface area contributed by atoms with Gasteiger partial charge in [-0.2, -0.15) is 0 Å². The molecule has 0 aliphatic carbocycles. The Morgan fingerprint density at radius 1 is 1.31 bits per heavy atom. The van der Waals surface area contributed by atoms with Crippen molar-refractivity contribution in [3.8, 4) is 0 Å². The summed E-state index contributed by atoms with van der Waals surface area (Å²) in [7, 11) is 4.01. The van der Waals surface area contributed by atoms with Gasteiger partial charge in [-0.05, 0) is 32.9 Å². The molecule has 1 aliphatic heterocycles. The van der Waals surface area contributed by atoms with Gasteiger partial charge in [-0.15, -0.1) is 0 Å². The quantitative estimate of drug-likeness (QED) is 0.724. The van der Waals surface area contributed by atoms with Crippen LogP contribution in [0.25, 0.3) is 0 Å². The largest absolute Gasteiger partial charge is 0.328 e. The number of urea groups is 1. The second-order valence-electron chi connectivity index (χ2n) is 4.75. The minimum Gasteiger partial charge on any atom is -0.328 e. The molecule has 1 heterocycles. The van der Waals surface area contributed by atoms with E-state index in [1.807, 2.05) is 18.9 Å². The van der Waals surface area contributed by atoms with Crippen LogP contribution in [0.2, 0.25) is 0 Å². The molecular formula is C12H25N3O. The molecule has 4 heteroatoms. The number of hydrogen-bond donors (Lipinski definition) is 0. The maximum absolute atomic E-state index is 11.9. The molecule has 0 bridgehead atoms. The zero-order valence-corrected chi connectivity index (χ0v) is 11.1. The van der Waals surface area contributed by atoms with Crippen LogP contribution < -0.4 is 0 Å². The van der Waals surface area contributed by atoms with E-state index in [2.05, 4.69) is 18.9 Å². The Bertz CT molecular complexity index is 232. The number of amides is 2. The highest BCUT2D eigenvalue weighted by Crippen LogP contribution is 2.18. The molecule has 0 radical (unpaired) electrons. The first-order valence-corrected chi connectivity index (χ1v) is 6.27. The van der Waals surface area contributed by atoms with Crippen molar-refractivity contribution in [2.75, 3.05) is 46.8 Å². The Balaban J connectivity index is 2.37. The summed E-state index contributed by atoms with van der Waals surface area (Å²) in [6, 6.07) is 0.184. The monoisotopic (exact) mass is 227 g/mol. The highest BCUT2D eigenvalue weighted by Gasteiger charge is 2.27. The van der Waals surface area contributed by atoms with Crippen LogP contribution in [0.5, 0.6) is 0 Å². The van der Waals surface area contributed by atoms with Gasteiger partial charge in [0.2, 0.25) is 0 Å². The summed E-state index contributed by atoms with van der Waals surface area (Å²) in [4.78, 5) is 18.0. The van der Waals surface area contributed by atoms with Crippen LogP contribution >= 0.6 is 0 Å². The first-order chi connectivity index (χ1) is 7.58. The predicted molar refractivity (Wildman–Crippen MR) is 66.6 cm³/mol. The topological polar surface area (TPSA) is 26.8 Å². The van der Waals surface area contributed by atoms with E-state index < -0.39 is 0 Å². The van der Waals surface area contributed by atoms with Gasteiger partial charge in [0.25, 0.3) is 0 Å². The zero-order valence-electron chi connectivity index (χ0n) is 11.1. The van der Waals surface area contributed by atoms with Gasteiger partial charge in [0, 0.05) is 33.2 Å². The van der Waals surface area contributed by atoms with Gasteiger partial charge in [-0.25, -0.2) is 4.79 Å². The lowest BCUT2D eigenvalue weighted by Crippen LogP contribution is -2.40. The lowest BCUT2D eigenvalue weighted by atomic mass is 10.1. The molecule has 0 aromatic rings. The number of hydrogen-bond acceptors (Lipinski definition) is 2. The third-order valence-electron chi connectivity index (χ3n) is 3.47. The number of nitrogens with zero attached hydrogens (tertiary/aromatic N) is 3. The van der Waals surface area contributed by atoms with Crippen LogP contribution in [0.4, 0.5) is 4.79 Å². The van der Waals surface area contributed by atoms with Gasteiger partial charge in [0.1, 0.15) is 0 Å². The van der Waals surface area contributed by atoms with Crippen molar-refractivity contribution in [1.29, 1.82) is 0 Å². The van der Waals surface area contributed by atoms with Gasteiger partial charge < -0.3 is 14.7 Å². The summed E-state index contributed by atoms with van der Waals surface area (Å²) in [6.07, 6.45) is 1.15. The molecule has 0 aromatic carbocycles. The average Bonchev–Trinajstić information content (AvgIpc) is 2.75. The third kappa shape index (κ3) is 3.37. The highest BCUT2D eigenvalue weighted by atomic mass is 16.2. The fourth-order valence-electron chi connectivity index (χ4n) is 2.10. The summed E-state index contributed by atoms with van der Waals surface area (Å²) >= 11 is 0. The van der Waals surface area contributed by atoms with Gasteiger partial charge in [0.05, 0.1) is 0 Å². The smallest absolute Gasteiger partial charge is 0.319 e. The molecule has 0 aromatic heterocycles. The predicted octanol–water partition coefficient (Wildman–Crippen LogP) is 1.33. The summed E-state index contributed by atoms with van der Waals surface area (Å²) in [5.41, 5.74) is 0. The van der Waals surface area contributed by atoms with Crippen molar-refractivity contribution in [3.63, 3.8) is 0 Å². The van der Waals surface area contributed by atoms with Gasteiger partial charge in [-0.1, -0.05) is 6.92 Å². The van der Waals surface area contributed by atoms with E-state index in [-0.39, 0.29) is 6.03 Å². The van der Waals surface area contributed by atoms with E-state index in [0.29, 0.717) is 5.92 Å². The van der Waals surface area contributed by atoms with E-state index in [9.17, 15) is 4.79 Å². The maximum Gasteiger partial charge on any atom is 0.319 e. The minimum atomic E-state index is 0.184. The molecule has 2 amide bonds. The van der Waals surface area contributed by atoms with E-state index in [1.54, 1.807) is 4.90 Å². The van der Waals surface area contributed by atoms with Crippen molar-refractivity contribution < 1.29 is 4.79 Å². The molecule has 1 rings (SSSR count). The lowest BCUT2D eigenvalue weighted by molar-refractivity contribution is 0.172. The van der Waals surface area contributed by atoms with E-state index in [1.165, 1.54) is 0 Å². The molecule has 0 saturated carbocycles. The van der Waals surface area contributed by atoms with Crippen LogP contribution in [0.15, 0.2) is 0 Å². The summed E-state index contributed by atoms with van der Waals surface area (Å²) in [5, 5.41) is 0. The standard InChI is InChI=1S/C12H25N3O/c1-5-13(3)9-11-7-8-15(10-11)12(16)14(4)6-2/h11H,5-10H2,1-4H3. The van der Waals surface area contributed by atoms with Crippen molar-refractivity contribution in [2.45, 2.75) is 20.3 Å². The van der Waals surface area contributed by atoms with Crippen LogP contribution in [-0.4, -0.2) is 67.5 Å². The fraction of sp³-hybridized carbons (Fsp3) is 0.917. The number of carbonyl (C=O) groups is 1. The van der Waals surface area contributed by atoms with Crippen LogP contribution in [-0.2, 0) is 0 Å². The van der Waals surface area contributed by atoms with Crippen molar-refractivity contribution in [3.05, 3.63) is 0 Å². The van der Waals surface area contributed by atoms with Crippen LogP contribution in [0, 0.1) is 5.92 Å².